The molecule has 0 aromatic heterocycles. The number of sulfone groups is 1. The number of aliphatic carboxylic acids is 1. The van der Waals surface area contributed by atoms with Gasteiger partial charge in [0, 0.05) is 19.1 Å². The second-order valence-electron chi connectivity index (χ2n) is 5.75. The molecule has 1 aliphatic heterocycles. The van der Waals surface area contributed by atoms with Gasteiger partial charge in [0.25, 0.3) is 0 Å². The highest BCUT2D eigenvalue weighted by Gasteiger charge is 2.45. The van der Waals surface area contributed by atoms with Gasteiger partial charge in [0.2, 0.25) is 0 Å². The second kappa shape index (κ2) is 5.23. The lowest BCUT2D eigenvalue weighted by Gasteiger charge is -2.39. The summed E-state index contributed by atoms with van der Waals surface area (Å²) in [6.45, 7) is 1.96. The normalized spacial score (nSPS) is 27.4. The van der Waals surface area contributed by atoms with Crippen LogP contribution in [0.3, 0.4) is 0 Å². The van der Waals surface area contributed by atoms with Crippen LogP contribution in [0.2, 0.25) is 0 Å². The van der Waals surface area contributed by atoms with Crippen molar-refractivity contribution in [3.8, 4) is 0 Å². The van der Waals surface area contributed by atoms with Crippen LogP contribution >= 0.6 is 0 Å². The first kappa shape index (κ1) is 15.1. The van der Waals surface area contributed by atoms with Crippen molar-refractivity contribution in [2.75, 3.05) is 24.6 Å². The van der Waals surface area contributed by atoms with Crippen molar-refractivity contribution in [3.05, 3.63) is 0 Å². The first-order chi connectivity index (χ1) is 9.26. The molecule has 114 valence electrons. The maximum atomic E-state index is 12.1. The number of amides is 2. The number of hydrogen-bond acceptors (Lipinski definition) is 4. The fraction of sp³-hybridized carbons (Fsp3) is 0.833. The van der Waals surface area contributed by atoms with Crippen molar-refractivity contribution < 1.29 is 23.1 Å². The topological polar surface area (TPSA) is 104 Å². The third-order valence-corrected chi connectivity index (χ3v) is 6.07. The summed E-state index contributed by atoms with van der Waals surface area (Å²) in [6.07, 6.45) is 2.01. The van der Waals surface area contributed by atoms with Gasteiger partial charge in [-0.1, -0.05) is 6.42 Å². The summed E-state index contributed by atoms with van der Waals surface area (Å²) >= 11 is 0. The average molecular weight is 304 g/mol. The van der Waals surface area contributed by atoms with Crippen LogP contribution in [0.1, 0.15) is 26.2 Å². The van der Waals surface area contributed by atoms with E-state index in [2.05, 4.69) is 5.32 Å². The lowest BCUT2D eigenvalue weighted by atomic mass is 9.69. The van der Waals surface area contributed by atoms with Gasteiger partial charge >= 0.3 is 12.0 Å². The summed E-state index contributed by atoms with van der Waals surface area (Å²) < 4.78 is 22.9. The number of rotatable bonds is 3. The molecule has 1 saturated carbocycles. The Bertz CT molecular complexity index is 512. The second-order valence-corrected chi connectivity index (χ2v) is 7.98. The molecule has 2 N–H and O–H groups in total. The molecule has 0 aromatic rings. The summed E-state index contributed by atoms with van der Waals surface area (Å²) in [5.74, 6) is -0.947. The van der Waals surface area contributed by atoms with E-state index in [4.69, 9.17) is 0 Å². The van der Waals surface area contributed by atoms with Crippen LogP contribution in [0.25, 0.3) is 0 Å². The van der Waals surface area contributed by atoms with E-state index in [1.807, 2.05) is 0 Å². The van der Waals surface area contributed by atoms with Crippen molar-refractivity contribution >= 4 is 21.8 Å². The van der Waals surface area contributed by atoms with Gasteiger partial charge in [-0.15, -0.1) is 0 Å². The molecule has 0 spiro atoms. The smallest absolute Gasteiger partial charge is 0.317 e. The molecule has 20 heavy (non-hydrogen) atoms. The van der Waals surface area contributed by atoms with Gasteiger partial charge in [0.05, 0.1) is 16.9 Å². The number of carbonyl (C=O) groups is 2. The number of hydrogen-bond donors (Lipinski definition) is 2. The van der Waals surface area contributed by atoms with Gasteiger partial charge in [-0.3, -0.25) is 4.79 Å². The number of carboxylic acids is 1. The molecule has 0 bridgehead atoms. The van der Waals surface area contributed by atoms with Crippen molar-refractivity contribution in [1.29, 1.82) is 0 Å². The van der Waals surface area contributed by atoms with Crippen LogP contribution in [0.15, 0.2) is 0 Å². The Balaban J connectivity index is 1.91. The zero-order chi connectivity index (χ0) is 15.0. The molecule has 2 aliphatic rings. The molecule has 2 fully saturated rings. The molecule has 0 radical (unpaired) electrons. The minimum atomic E-state index is -3.06. The molecule has 1 atom stereocenters. The summed E-state index contributed by atoms with van der Waals surface area (Å²) in [5, 5.41) is 11.8. The van der Waals surface area contributed by atoms with Crippen LogP contribution in [0.5, 0.6) is 0 Å². The van der Waals surface area contributed by atoms with Crippen molar-refractivity contribution in [1.82, 2.24) is 10.2 Å². The predicted octanol–water partition coefficient (Wildman–Crippen LogP) is 0.0698. The lowest BCUT2D eigenvalue weighted by Crippen LogP contribution is -2.56. The van der Waals surface area contributed by atoms with Crippen molar-refractivity contribution in [3.63, 3.8) is 0 Å². The summed E-state index contributed by atoms with van der Waals surface area (Å²) in [7, 11) is -3.06. The monoisotopic (exact) mass is 304 g/mol. The fourth-order valence-corrected chi connectivity index (χ4v) is 4.27. The zero-order valence-corrected chi connectivity index (χ0v) is 12.3. The van der Waals surface area contributed by atoms with E-state index in [1.54, 1.807) is 6.92 Å². The molecule has 7 nitrogen and oxygen atoms in total. The van der Waals surface area contributed by atoms with Gasteiger partial charge in [-0.05, 0) is 19.8 Å². The van der Waals surface area contributed by atoms with E-state index in [0.29, 0.717) is 12.8 Å². The van der Waals surface area contributed by atoms with E-state index in [-0.39, 0.29) is 36.7 Å². The number of carboxylic acid groups (broad SMARTS) is 1. The quantitative estimate of drug-likeness (QED) is 0.768. The average Bonchev–Trinajstić information content (AvgIpc) is 2.25. The molecule has 1 aliphatic carbocycles. The van der Waals surface area contributed by atoms with E-state index < -0.39 is 21.2 Å². The highest BCUT2D eigenvalue weighted by molar-refractivity contribution is 7.91. The lowest BCUT2D eigenvalue weighted by molar-refractivity contribution is -0.153. The Kier molecular flexibility index (Phi) is 3.95. The molecular weight excluding hydrogens is 284 g/mol. The van der Waals surface area contributed by atoms with E-state index in [0.717, 1.165) is 6.42 Å². The number of nitrogens with one attached hydrogen (secondary N) is 1. The number of carbonyl (C=O) groups excluding carboxylic acids is 1. The van der Waals surface area contributed by atoms with Crippen LogP contribution in [0, 0.1) is 5.41 Å². The van der Waals surface area contributed by atoms with Gasteiger partial charge in [0.1, 0.15) is 0 Å². The third-order valence-electron chi connectivity index (χ3n) is 4.27. The summed E-state index contributed by atoms with van der Waals surface area (Å²) in [5.41, 5.74) is -0.833. The fourth-order valence-electron chi connectivity index (χ4n) is 2.72. The minimum absolute atomic E-state index is 0.0329. The van der Waals surface area contributed by atoms with Gasteiger partial charge in [-0.2, -0.15) is 0 Å². The Morgan fingerprint density at radius 1 is 1.40 bits per heavy atom. The van der Waals surface area contributed by atoms with Crippen LogP contribution in [0.4, 0.5) is 4.79 Å². The number of urea groups is 1. The first-order valence-electron chi connectivity index (χ1n) is 6.74. The Hall–Kier alpha value is -1.31. The van der Waals surface area contributed by atoms with Crippen LogP contribution in [-0.2, 0) is 14.6 Å². The first-order valence-corrected chi connectivity index (χ1v) is 8.56. The Morgan fingerprint density at radius 2 is 2.05 bits per heavy atom. The standard InChI is InChI=1S/C12H20N2O5S/c1-9-7-20(18,19)6-5-14(9)11(17)13-8-12(10(15)16)3-2-4-12/h9H,2-8H2,1H3,(H,13,17)(H,15,16). The van der Waals surface area contributed by atoms with E-state index >= 15 is 0 Å². The molecule has 2 amide bonds. The maximum absolute atomic E-state index is 12.1. The van der Waals surface area contributed by atoms with E-state index in [1.165, 1.54) is 4.90 Å². The Morgan fingerprint density at radius 3 is 2.50 bits per heavy atom. The minimum Gasteiger partial charge on any atom is -0.481 e. The van der Waals surface area contributed by atoms with Crippen LogP contribution < -0.4 is 5.32 Å². The SMILES string of the molecule is CC1CS(=O)(=O)CCN1C(=O)NCC1(C(=O)O)CCC1. The molecule has 1 unspecified atom stereocenters. The zero-order valence-electron chi connectivity index (χ0n) is 11.5. The van der Waals surface area contributed by atoms with Gasteiger partial charge in [-0.25, -0.2) is 13.2 Å². The molecule has 2 rings (SSSR count). The summed E-state index contributed by atoms with van der Waals surface area (Å²) in [4.78, 5) is 24.7. The predicted molar refractivity (Wildman–Crippen MR) is 72.1 cm³/mol. The molecule has 1 saturated heterocycles. The largest absolute Gasteiger partial charge is 0.481 e. The van der Waals surface area contributed by atoms with Gasteiger partial charge < -0.3 is 15.3 Å². The van der Waals surface area contributed by atoms with Crippen molar-refractivity contribution in [2.24, 2.45) is 5.41 Å². The van der Waals surface area contributed by atoms with E-state index in [9.17, 15) is 23.1 Å². The Labute approximate surface area is 118 Å². The molecule has 8 heteroatoms. The third kappa shape index (κ3) is 2.89. The summed E-state index contributed by atoms with van der Waals surface area (Å²) in [6, 6.07) is -0.754. The van der Waals surface area contributed by atoms with Crippen LogP contribution in [-0.4, -0.2) is 61.1 Å². The molecule has 1 heterocycles. The molecular formula is C12H20N2O5S. The number of nitrogens with zero attached hydrogens (tertiary/aromatic N) is 1. The van der Waals surface area contributed by atoms with Gasteiger partial charge in [0.15, 0.2) is 9.84 Å². The maximum Gasteiger partial charge on any atom is 0.317 e. The van der Waals surface area contributed by atoms with Crippen molar-refractivity contribution in [2.45, 2.75) is 32.2 Å². The highest BCUT2D eigenvalue weighted by Crippen LogP contribution is 2.40. The highest BCUT2D eigenvalue weighted by atomic mass is 32.2. The molecule has 0 aromatic carbocycles.